The van der Waals surface area contributed by atoms with Crippen molar-refractivity contribution in [2.75, 3.05) is 19.6 Å². The van der Waals surface area contributed by atoms with Crippen LogP contribution in [-0.4, -0.2) is 40.0 Å². The summed E-state index contributed by atoms with van der Waals surface area (Å²) in [5.74, 6) is -0.328. The number of carbonyl (C=O) groups excluding carboxylic acids is 1. The van der Waals surface area contributed by atoms with Gasteiger partial charge in [0.05, 0.1) is 16.5 Å². The Labute approximate surface area is 162 Å². The highest BCUT2D eigenvalue weighted by Crippen LogP contribution is 2.33. The lowest BCUT2D eigenvalue weighted by atomic mass is 10.00. The zero-order valence-corrected chi connectivity index (χ0v) is 16.3. The SMILES string of the molecule is CC(NS(=O)(=O)c1ccccc1C(F)(F)F)C(=O)NCC1CCCNC1.Cl. The molecule has 3 N–H and O–H groups in total. The number of sulfonamides is 1. The molecule has 0 radical (unpaired) electrons. The maximum Gasteiger partial charge on any atom is 0.417 e. The Balaban J connectivity index is 0.00000364. The first kappa shape index (κ1) is 23.7. The summed E-state index contributed by atoms with van der Waals surface area (Å²) in [5, 5.41) is 5.84. The molecule has 0 spiro atoms. The van der Waals surface area contributed by atoms with Gasteiger partial charge in [-0.15, -0.1) is 12.4 Å². The highest BCUT2D eigenvalue weighted by atomic mass is 35.5. The molecule has 1 amide bonds. The second kappa shape index (κ2) is 9.72. The Bertz CT molecular complexity index is 738. The lowest BCUT2D eigenvalue weighted by molar-refractivity contribution is -0.139. The van der Waals surface area contributed by atoms with Crippen molar-refractivity contribution in [3.05, 3.63) is 29.8 Å². The molecular formula is C16H23ClF3N3O3S. The summed E-state index contributed by atoms with van der Waals surface area (Å²) in [6.07, 6.45) is -2.87. The van der Waals surface area contributed by atoms with E-state index in [1.165, 1.54) is 13.0 Å². The molecule has 1 aromatic carbocycles. The molecule has 1 aromatic rings. The molecule has 1 fully saturated rings. The Kier molecular flexibility index (Phi) is 8.52. The van der Waals surface area contributed by atoms with Gasteiger partial charge in [0.15, 0.2) is 0 Å². The summed E-state index contributed by atoms with van der Waals surface area (Å²) in [7, 11) is -4.50. The average Bonchev–Trinajstić information content (AvgIpc) is 2.59. The van der Waals surface area contributed by atoms with Gasteiger partial charge in [-0.3, -0.25) is 4.79 Å². The molecule has 1 aliphatic rings. The van der Waals surface area contributed by atoms with Gasteiger partial charge in [0, 0.05) is 6.54 Å². The zero-order chi connectivity index (χ0) is 19.4. The fourth-order valence-corrected chi connectivity index (χ4v) is 4.21. The van der Waals surface area contributed by atoms with Crippen molar-refractivity contribution in [2.24, 2.45) is 5.92 Å². The van der Waals surface area contributed by atoms with Crippen LogP contribution in [0.5, 0.6) is 0 Å². The molecule has 0 aliphatic carbocycles. The molecule has 27 heavy (non-hydrogen) atoms. The van der Waals surface area contributed by atoms with Gasteiger partial charge in [0.25, 0.3) is 0 Å². The monoisotopic (exact) mass is 429 g/mol. The quantitative estimate of drug-likeness (QED) is 0.644. The third-order valence-corrected chi connectivity index (χ3v) is 5.77. The van der Waals surface area contributed by atoms with E-state index in [1.54, 1.807) is 0 Å². The molecule has 0 aromatic heterocycles. The van der Waals surface area contributed by atoms with Crippen LogP contribution in [0.1, 0.15) is 25.3 Å². The van der Waals surface area contributed by atoms with Crippen LogP contribution in [0.4, 0.5) is 13.2 Å². The van der Waals surface area contributed by atoms with E-state index in [2.05, 4.69) is 10.6 Å². The van der Waals surface area contributed by atoms with Crippen LogP contribution < -0.4 is 15.4 Å². The van der Waals surface area contributed by atoms with Crippen molar-refractivity contribution in [2.45, 2.75) is 36.9 Å². The lowest BCUT2D eigenvalue weighted by Gasteiger charge is -2.24. The van der Waals surface area contributed by atoms with Crippen molar-refractivity contribution in [1.29, 1.82) is 0 Å². The third-order valence-electron chi connectivity index (χ3n) is 4.17. The van der Waals surface area contributed by atoms with Gasteiger partial charge in [-0.2, -0.15) is 17.9 Å². The zero-order valence-electron chi connectivity index (χ0n) is 14.7. The summed E-state index contributed by atoms with van der Waals surface area (Å²) in [6, 6.07) is 2.66. The number of halogens is 4. The molecule has 2 atom stereocenters. The number of piperidine rings is 1. The third kappa shape index (κ3) is 6.63. The Morgan fingerprint density at radius 1 is 1.33 bits per heavy atom. The molecule has 154 valence electrons. The van der Waals surface area contributed by atoms with Crippen LogP contribution in [0, 0.1) is 5.92 Å². The summed E-state index contributed by atoms with van der Waals surface area (Å²) in [6.45, 7) is 3.37. The fourth-order valence-electron chi connectivity index (χ4n) is 2.78. The van der Waals surface area contributed by atoms with Gasteiger partial charge in [-0.25, -0.2) is 8.42 Å². The van der Waals surface area contributed by atoms with Crippen LogP contribution in [0.3, 0.4) is 0 Å². The van der Waals surface area contributed by atoms with E-state index in [0.717, 1.165) is 38.1 Å². The van der Waals surface area contributed by atoms with E-state index < -0.39 is 38.6 Å². The van der Waals surface area contributed by atoms with Crippen LogP contribution in [0.2, 0.25) is 0 Å². The fraction of sp³-hybridized carbons (Fsp3) is 0.562. The van der Waals surface area contributed by atoms with Crippen molar-refractivity contribution in [1.82, 2.24) is 15.4 Å². The Hall–Kier alpha value is -1.36. The average molecular weight is 430 g/mol. The smallest absolute Gasteiger partial charge is 0.354 e. The minimum Gasteiger partial charge on any atom is -0.354 e. The normalized spacial score (nSPS) is 19.0. The first-order valence-electron chi connectivity index (χ1n) is 8.28. The van der Waals surface area contributed by atoms with E-state index in [0.29, 0.717) is 12.6 Å². The van der Waals surface area contributed by atoms with Crippen molar-refractivity contribution < 1.29 is 26.4 Å². The second-order valence-electron chi connectivity index (χ2n) is 6.29. The van der Waals surface area contributed by atoms with Crippen LogP contribution in [0.15, 0.2) is 29.2 Å². The van der Waals surface area contributed by atoms with E-state index in [1.807, 2.05) is 4.72 Å². The Morgan fingerprint density at radius 3 is 2.59 bits per heavy atom. The minimum absolute atomic E-state index is 0. The number of benzene rings is 1. The van der Waals surface area contributed by atoms with Gasteiger partial charge in [0.1, 0.15) is 0 Å². The largest absolute Gasteiger partial charge is 0.417 e. The molecule has 1 aliphatic heterocycles. The number of rotatable bonds is 6. The maximum absolute atomic E-state index is 13.0. The number of hydrogen-bond acceptors (Lipinski definition) is 4. The summed E-state index contributed by atoms with van der Waals surface area (Å²) in [5.41, 5.74) is -1.27. The van der Waals surface area contributed by atoms with Crippen LogP contribution in [-0.2, 0) is 21.0 Å². The maximum atomic E-state index is 13.0. The predicted octanol–water partition coefficient (Wildman–Crippen LogP) is 1.91. The number of carbonyl (C=O) groups is 1. The minimum atomic E-state index is -4.81. The summed E-state index contributed by atoms with van der Waals surface area (Å²) < 4.78 is 65.7. The van der Waals surface area contributed by atoms with Gasteiger partial charge >= 0.3 is 6.18 Å². The van der Waals surface area contributed by atoms with Gasteiger partial charge in [0.2, 0.25) is 15.9 Å². The van der Waals surface area contributed by atoms with Gasteiger partial charge in [-0.05, 0) is 50.9 Å². The number of alkyl halides is 3. The summed E-state index contributed by atoms with van der Waals surface area (Å²) >= 11 is 0. The van der Waals surface area contributed by atoms with Crippen LogP contribution >= 0.6 is 12.4 Å². The highest BCUT2D eigenvalue weighted by molar-refractivity contribution is 7.89. The number of hydrogen-bond donors (Lipinski definition) is 3. The van der Waals surface area contributed by atoms with Crippen molar-refractivity contribution >= 4 is 28.3 Å². The van der Waals surface area contributed by atoms with E-state index in [-0.39, 0.29) is 18.3 Å². The topological polar surface area (TPSA) is 87.3 Å². The molecule has 2 rings (SSSR count). The molecule has 2 unspecified atom stereocenters. The van der Waals surface area contributed by atoms with Gasteiger partial charge < -0.3 is 10.6 Å². The molecule has 1 heterocycles. The number of amides is 1. The van der Waals surface area contributed by atoms with Crippen molar-refractivity contribution in [3.63, 3.8) is 0 Å². The first-order valence-corrected chi connectivity index (χ1v) is 9.76. The first-order chi connectivity index (χ1) is 12.1. The summed E-state index contributed by atoms with van der Waals surface area (Å²) in [4.78, 5) is 11.2. The van der Waals surface area contributed by atoms with E-state index in [4.69, 9.17) is 0 Å². The van der Waals surface area contributed by atoms with Gasteiger partial charge in [-0.1, -0.05) is 12.1 Å². The lowest BCUT2D eigenvalue weighted by Crippen LogP contribution is -2.47. The molecule has 1 saturated heterocycles. The predicted molar refractivity (Wildman–Crippen MR) is 97.1 cm³/mol. The van der Waals surface area contributed by atoms with Crippen LogP contribution in [0.25, 0.3) is 0 Å². The number of nitrogens with one attached hydrogen (secondary N) is 3. The molecule has 0 saturated carbocycles. The standard InChI is InChI=1S/C16H22F3N3O3S.ClH/c1-11(15(23)21-10-12-5-4-8-20-9-12)22-26(24,25)14-7-3-2-6-13(14)16(17,18)19;/h2-3,6-7,11-12,20,22H,4-5,8-10H2,1H3,(H,21,23);1H. The molecule has 6 nitrogen and oxygen atoms in total. The second-order valence-corrected chi connectivity index (χ2v) is 7.98. The Morgan fingerprint density at radius 2 is 2.00 bits per heavy atom. The molecular weight excluding hydrogens is 407 g/mol. The molecule has 0 bridgehead atoms. The van der Waals surface area contributed by atoms with E-state index in [9.17, 15) is 26.4 Å². The highest BCUT2D eigenvalue weighted by Gasteiger charge is 2.37. The van der Waals surface area contributed by atoms with Crippen molar-refractivity contribution in [3.8, 4) is 0 Å². The molecule has 11 heteroatoms. The van der Waals surface area contributed by atoms with E-state index >= 15 is 0 Å².